The number of nitrogens with two attached hydrogens (primary N) is 1. The first kappa shape index (κ1) is 13.1. The molecule has 1 aromatic heterocycles. The second-order valence-electron chi connectivity index (χ2n) is 6.44. The summed E-state index contributed by atoms with van der Waals surface area (Å²) in [5.41, 5.74) is 7.80. The van der Waals surface area contributed by atoms with Gasteiger partial charge < -0.3 is 5.73 Å². The number of thiophene rings is 1. The van der Waals surface area contributed by atoms with Gasteiger partial charge in [-0.25, -0.2) is 0 Å². The Morgan fingerprint density at radius 2 is 2.06 bits per heavy atom. The van der Waals surface area contributed by atoms with Gasteiger partial charge in [0.15, 0.2) is 0 Å². The van der Waals surface area contributed by atoms with Gasteiger partial charge in [0, 0.05) is 30.1 Å². The number of rotatable bonds is 3. The van der Waals surface area contributed by atoms with Crippen LogP contribution in [-0.2, 0) is 13.0 Å². The Kier molecular flexibility index (Phi) is 3.36. The second kappa shape index (κ2) is 4.38. The fourth-order valence-electron chi connectivity index (χ4n) is 2.20. The molecule has 0 radical (unpaired) electrons. The minimum absolute atomic E-state index is 0.137. The van der Waals surface area contributed by atoms with E-state index in [0.717, 1.165) is 13.1 Å². The van der Waals surface area contributed by atoms with Crippen LogP contribution in [0.5, 0.6) is 0 Å². The van der Waals surface area contributed by atoms with E-state index in [9.17, 15) is 0 Å². The number of hydrogen-bond donors (Lipinski definition) is 1. The highest BCUT2D eigenvalue weighted by atomic mass is 32.1. The van der Waals surface area contributed by atoms with E-state index < -0.39 is 0 Å². The van der Waals surface area contributed by atoms with Gasteiger partial charge in [-0.1, -0.05) is 13.8 Å². The van der Waals surface area contributed by atoms with Crippen molar-refractivity contribution in [1.29, 1.82) is 0 Å². The lowest BCUT2D eigenvalue weighted by molar-refractivity contribution is 0.105. The van der Waals surface area contributed by atoms with Crippen LogP contribution in [0.1, 0.15) is 38.1 Å². The quantitative estimate of drug-likeness (QED) is 0.896. The molecular weight excluding hydrogens is 228 g/mol. The van der Waals surface area contributed by atoms with Crippen molar-refractivity contribution in [3.8, 4) is 0 Å². The van der Waals surface area contributed by atoms with Crippen LogP contribution in [0.3, 0.4) is 0 Å². The molecule has 0 aromatic carbocycles. The van der Waals surface area contributed by atoms with Gasteiger partial charge >= 0.3 is 0 Å². The van der Waals surface area contributed by atoms with E-state index in [4.69, 9.17) is 5.73 Å². The Morgan fingerprint density at radius 3 is 2.71 bits per heavy atom. The van der Waals surface area contributed by atoms with Gasteiger partial charge in [0.1, 0.15) is 0 Å². The van der Waals surface area contributed by atoms with Gasteiger partial charge in [-0.05, 0) is 42.7 Å². The molecule has 2 heterocycles. The first-order valence-electron chi connectivity index (χ1n) is 6.36. The molecule has 2 rings (SSSR count). The lowest BCUT2D eigenvalue weighted by atomic mass is 9.74. The Hall–Kier alpha value is -0.380. The maximum Gasteiger partial charge on any atom is 0.0245 e. The van der Waals surface area contributed by atoms with Crippen molar-refractivity contribution in [2.75, 3.05) is 13.1 Å². The summed E-state index contributed by atoms with van der Waals surface area (Å²) in [5, 5.41) is 2.21. The highest BCUT2D eigenvalue weighted by Crippen LogP contribution is 2.32. The van der Waals surface area contributed by atoms with E-state index in [1.54, 1.807) is 4.88 Å². The molecule has 17 heavy (non-hydrogen) atoms. The van der Waals surface area contributed by atoms with Crippen LogP contribution >= 0.6 is 11.3 Å². The van der Waals surface area contributed by atoms with Crippen molar-refractivity contribution in [1.82, 2.24) is 4.90 Å². The second-order valence-corrected chi connectivity index (χ2v) is 7.44. The predicted molar refractivity (Wildman–Crippen MR) is 75.3 cm³/mol. The van der Waals surface area contributed by atoms with Crippen molar-refractivity contribution in [3.63, 3.8) is 0 Å². The lowest BCUT2D eigenvalue weighted by Gasteiger charge is -2.43. The van der Waals surface area contributed by atoms with Crippen molar-refractivity contribution in [2.24, 2.45) is 11.1 Å². The van der Waals surface area contributed by atoms with Gasteiger partial charge in [0.25, 0.3) is 0 Å². The normalized spacial score (nSPS) is 18.2. The number of fused-ring (bicyclic) bond motifs is 1. The average molecular weight is 252 g/mol. The Balaban J connectivity index is 2.03. The molecule has 0 aliphatic carbocycles. The van der Waals surface area contributed by atoms with E-state index in [0.29, 0.717) is 0 Å². The monoisotopic (exact) mass is 252 g/mol. The standard InChI is InChI=1S/C14H24N2S/c1-13(2,14(3,4)15)10-16-7-5-12-11(9-16)6-8-17-12/h6,8H,5,7,9-10,15H2,1-4H3. The SMILES string of the molecule is CC(C)(N)C(C)(C)CN1CCc2sccc2C1. The fraction of sp³-hybridized carbons (Fsp3) is 0.714. The fourth-order valence-corrected chi connectivity index (χ4v) is 3.09. The molecule has 1 aromatic rings. The predicted octanol–water partition coefficient (Wildman–Crippen LogP) is 2.87. The largest absolute Gasteiger partial charge is 0.325 e. The lowest BCUT2D eigenvalue weighted by Crippen LogP contribution is -2.53. The van der Waals surface area contributed by atoms with Gasteiger partial charge in [-0.3, -0.25) is 4.90 Å². The summed E-state index contributed by atoms with van der Waals surface area (Å²) in [7, 11) is 0. The summed E-state index contributed by atoms with van der Waals surface area (Å²) < 4.78 is 0. The van der Waals surface area contributed by atoms with Crippen molar-refractivity contribution >= 4 is 11.3 Å². The summed E-state index contributed by atoms with van der Waals surface area (Å²) in [5.74, 6) is 0. The van der Waals surface area contributed by atoms with Gasteiger partial charge in [0.05, 0.1) is 0 Å². The van der Waals surface area contributed by atoms with Crippen LogP contribution in [0.4, 0.5) is 0 Å². The highest BCUT2D eigenvalue weighted by Gasteiger charge is 2.35. The third-order valence-electron chi connectivity index (χ3n) is 4.25. The smallest absolute Gasteiger partial charge is 0.0245 e. The molecule has 3 heteroatoms. The first-order valence-corrected chi connectivity index (χ1v) is 7.24. The summed E-state index contributed by atoms with van der Waals surface area (Å²) in [6, 6.07) is 2.27. The highest BCUT2D eigenvalue weighted by molar-refractivity contribution is 7.10. The molecule has 0 unspecified atom stereocenters. The molecule has 0 bridgehead atoms. The molecule has 2 nitrogen and oxygen atoms in total. The molecular formula is C14H24N2S. The van der Waals surface area contributed by atoms with Crippen LogP contribution in [0.25, 0.3) is 0 Å². The van der Waals surface area contributed by atoms with Crippen LogP contribution in [0.15, 0.2) is 11.4 Å². The Bertz CT molecular complexity index is 387. The molecule has 2 N–H and O–H groups in total. The van der Waals surface area contributed by atoms with E-state index >= 15 is 0 Å². The molecule has 0 amide bonds. The van der Waals surface area contributed by atoms with Gasteiger partial charge in [0.2, 0.25) is 0 Å². The third kappa shape index (κ3) is 2.72. The minimum atomic E-state index is -0.137. The van der Waals surface area contributed by atoms with Crippen LogP contribution < -0.4 is 5.73 Å². The van der Waals surface area contributed by atoms with E-state index in [-0.39, 0.29) is 11.0 Å². The zero-order chi connectivity index (χ0) is 12.7. The summed E-state index contributed by atoms with van der Waals surface area (Å²) in [6.07, 6.45) is 1.20. The molecule has 0 spiro atoms. The zero-order valence-corrected chi connectivity index (χ0v) is 12.2. The summed E-state index contributed by atoms with van der Waals surface area (Å²) in [4.78, 5) is 4.12. The Morgan fingerprint density at radius 1 is 1.35 bits per heavy atom. The molecule has 1 aliphatic rings. The summed E-state index contributed by atoms with van der Waals surface area (Å²) >= 11 is 1.90. The molecule has 0 saturated heterocycles. The van der Waals surface area contributed by atoms with E-state index in [2.05, 4.69) is 44.0 Å². The third-order valence-corrected chi connectivity index (χ3v) is 5.27. The van der Waals surface area contributed by atoms with Crippen LogP contribution in [0.2, 0.25) is 0 Å². The van der Waals surface area contributed by atoms with Crippen LogP contribution in [0, 0.1) is 5.41 Å². The topological polar surface area (TPSA) is 29.3 Å². The zero-order valence-electron chi connectivity index (χ0n) is 11.4. The minimum Gasteiger partial charge on any atom is -0.325 e. The van der Waals surface area contributed by atoms with Crippen LogP contribution in [-0.4, -0.2) is 23.5 Å². The van der Waals surface area contributed by atoms with E-state index in [1.165, 1.54) is 18.5 Å². The maximum absolute atomic E-state index is 6.28. The maximum atomic E-state index is 6.28. The molecule has 96 valence electrons. The molecule has 1 aliphatic heterocycles. The Labute approximate surface area is 109 Å². The van der Waals surface area contributed by atoms with Gasteiger partial charge in [-0.2, -0.15) is 0 Å². The van der Waals surface area contributed by atoms with Crippen molar-refractivity contribution in [2.45, 2.75) is 46.2 Å². The number of hydrogen-bond acceptors (Lipinski definition) is 3. The first-order chi connectivity index (χ1) is 7.79. The van der Waals surface area contributed by atoms with Gasteiger partial charge in [-0.15, -0.1) is 11.3 Å². The molecule has 0 atom stereocenters. The summed E-state index contributed by atoms with van der Waals surface area (Å²) in [6.45, 7) is 12.2. The molecule has 0 fully saturated rings. The average Bonchev–Trinajstić information content (AvgIpc) is 2.62. The van der Waals surface area contributed by atoms with Crippen molar-refractivity contribution < 1.29 is 0 Å². The van der Waals surface area contributed by atoms with Crippen molar-refractivity contribution in [3.05, 3.63) is 21.9 Å². The van der Waals surface area contributed by atoms with E-state index in [1.807, 2.05) is 11.3 Å². The molecule has 0 saturated carbocycles. The number of nitrogens with zero attached hydrogens (tertiary/aromatic N) is 1.